The number of hydrogen-bond acceptors (Lipinski definition) is 0. The molecule has 0 amide bonds. The number of benzene rings is 10. The van der Waals surface area contributed by atoms with E-state index in [1.54, 1.807) is 0 Å². The Labute approximate surface area is 353 Å². The van der Waals surface area contributed by atoms with E-state index in [-0.39, 0.29) is 0 Å². The molecule has 0 heterocycles. The van der Waals surface area contributed by atoms with Crippen LogP contribution in [0.5, 0.6) is 0 Å². The molecule has 0 saturated carbocycles. The second kappa shape index (κ2) is 16.6. The molecule has 10 aromatic rings. The highest BCUT2D eigenvalue weighted by Crippen LogP contribution is 2.37. The van der Waals surface area contributed by atoms with E-state index in [1.165, 1.54) is 100 Å². The molecule has 282 valence electrons. The van der Waals surface area contributed by atoms with E-state index >= 15 is 0 Å². The molecular weight excluding hydrogens is 721 g/mol. The van der Waals surface area contributed by atoms with Crippen LogP contribution in [-0.4, -0.2) is 0 Å². The summed E-state index contributed by atoms with van der Waals surface area (Å²) in [4.78, 5) is 0. The predicted molar refractivity (Wildman–Crippen MR) is 255 cm³/mol. The lowest BCUT2D eigenvalue weighted by atomic mass is 9.90. The third kappa shape index (κ3) is 7.88. The predicted octanol–water partition coefficient (Wildman–Crippen LogP) is 16.7. The van der Waals surface area contributed by atoms with Gasteiger partial charge < -0.3 is 0 Å². The van der Waals surface area contributed by atoms with E-state index in [1.807, 2.05) is 0 Å². The van der Waals surface area contributed by atoms with Crippen molar-refractivity contribution in [2.75, 3.05) is 0 Å². The van der Waals surface area contributed by atoms with Gasteiger partial charge >= 0.3 is 0 Å². The minimum absolute atomic E-state index is 1.19. The summed E-state index contributed by atoms with van der Waals surface area (Å²) < 4.78 is 0. The van der Waals surface area contributed by atoms with Crippen LogP contribution in [0.3, 0.4) is 0 Å². The van der Waals surface area contributed by atoms with Crippen molar-refractivity contribution in [1.29, 1.82) is 0 Å². The van der Waals surface area contributed by atoms with Gasteiger partial charge in [0.25, 0.3) is 0 Å². The molecule has 0 aliphatic carbocycles. The second-order valence-corrected chi connectivity index (χ2v) is 15.4. The van der Waals surface area contributed by atoms with Gasteiger partial charge in [-0.25, -0.2) is 0 Å². The van der Waals surface area contributed by atoms with Gasteiger partial charge in [0.15, 0.2) is 0 Å². The van der Waals surface area contributed by atoms with Crippen LogP contribution in [-0.2, 0) is 0 Å². The normalized spacial score (nSPS) is 11.0. The van der Waals surface area contributed by atoms with Crippen molar-refractivity contribution in [2.24, 2.45) is 0 Å². The molecule has 0 fully saturated rings. The second-order valence-electron chi connectivity index (χ2n) is 15.4. The highest BCUT2D eigenvalue weighted by atomic mass is 14.2. The van der Waals surface area contributed by atoms with Gasteiger partial charge in [0.2, 0.25) is 0 Å². The lowest BCUT2D eigenvalue weighted by Gasteiger charge is -2.14. The summed E-state index contributed by atoms with van der Waals surface area (Å²) in [6, 6.07) is 92.3. The van der Waals surface area contributed by atoms with Crippen LogP contribution in [0.2, 0.25) is 0 Å². The van der Waals surface area contributed by atoms with Gasteiger partial charge in [0.1, 0.15) is 0 Å². The fourth-order valence-corrected chi connectivity index (χ4v) is 8.24. The smallest absolute Gasteiger partial charge is 0.0171 e. The van der Waals surface area contributed by atoms with Crippen LogP contribution >= 0.6 is 0 Å². The van der Waals surface area contributed by atoms with Crippen molar-refractivity contribution in [3.8, 4) is 100 Å². The summed E-state index contributed by atoms with van der Waals surface area (Å²) in [5.41, 5.74) is 21.7. The van der Waals surface area contributed by atoms with E-state index in [0.29, 0.717) is 0 Å². The molecule has 0 N–H and O–H groups in total. The van der Waals surface area contributed by atoms with Crippen molar-refractivity contribution < 1.29 is 0 Å². The minimum atomic E-state index is 1.19. The Morgan fingerprint density at radius 1 is 0.100 bits per heavy atom. The first-order valence-corrected chi connectivity index (χ1v) is 20.6. The van der Waals surface area contributed by atoms with Gasteiger partial charge in [-0.2, -0.15) is 0 Å². The van der Waals surface area contributed by atoms with E-state index < -0.39 is 0 Å². The summed E-state index contributed by atoms with van der Waals surface area (Å²) in [6.07, 6.45) is 0. The van der Waals surface area contributed by atoms with Crippen LogP contribution in [0, 0.1) is 0 Å². The standard InChI is InChI=1S/C60H42/c1-4-14-43(15-5-1)46-28-32-48(33-29-46)50-20-10-22-52(36-50)54-24-12-26-56(38-54)59-40-58(45-18-8-3-9-19-45)41-60(42-59)57-27-13-25-55(39-57)53-23-11-21-51(37-53)49-34-30-47(31-35-49)44-16-6-2-7-17-44/h1-42H. The molecule has 0 unspecified atom stereocenters. The fourth-order valence-electron chi connectivity index (χ4n) is 8.24. The minimum Gasteiger partial charge on any atom is -0.0622 e. The first-order valence-electron chi connectivity index (χ1n) is 20.6. The highest BCUT2D eigenvalue weighted by Gasteiger charge is 2.11. The molecule has 0 saturated heterocycles. The third-order valence-electron chi connectivity index (χ3n) is 11.5. The van der Waals surface area contributed by atoms with Crippen LogP contribution in [0.15, 0.2) is 255 Å². The van der Waals surface area contributed by atoms with Crippen molar-refractivity contribution in [3.05, 3.63) is 255 Å². The molecule has 0 aliphatic heterocycles. The summed E-state index contributed by atoms with van der Waals surface area (Å²) in [5, 5.41) is 0. The molecule has 0 aliphatic rings. The molecule has 60 heavy (non-hydrogen) atoms. The van der Waals surface area contributed by atoms with Crippen molar-refractivity contribution >= 4 is 0 Å². The quantitative estimate of drug-likeness (QED) is 0.137. The summed E-state index contributed by atoms with van der Waals surface area (Å²) in [5.74, 6) is 0. The van der Waals surface area contributed by atoms with E-state index in [0.717, 1.165) is 0 Å². The average molecular weight is 763 g/mol. The maximum Gasteiger partial charge on any atom is -0.0171 e. The third-order valence-corrected chi connectivity index (χ3v) is 11.5. The monoisotopic (exact) mass is 762 g/mol. The molecule has 0 radical (unpaired) electrons. The van der Waals surface area contributed by atoms with Gasteiger partial charge in [-0.15, -0.1) is 0 Å². The maximum absolute atomic E-state index is 2.35. The highest BCUT2D eigenvalue weighted by molar-refractivity contribution is 5.85. The summed E-state index contributed by atoms with van der Waals surface area (Å²) in [7, 11) is 0. The van der Waals surface area contributed by atoms with Crippen LogP contribution < -0.4 is 0 Å². The number of hydrogen-bond donors (Lipinski definition) is 0. The Hall–Kier alpha value is -7.80. The Balaban J connectivity index is 0.973. The van der Waals surface area contributed by atoms with Crippen molar-refractivity contribution in [2.45, 2.75) is 0 Å². The first-order chi connectivity index (χ1) is 29.7. The summed E-state index contributed by atoms with van der Waals surface area (Å²) in [6.45, 7) is 0. The Morgan fingerprint density at radius 3 is 0.533 bits per heavy atom. The number of rotatable bonds is 9. The summed E-state index contributed by atoms with van der Waals surface area (Å²) >= 11 is 0. The average Bonchev–Trinajstić information content (AvgIpc) is 3.35. The lowest BCUT2D eigenvalue weighted by molar-refractivity contribution is 1.54. The van der Waals surface area contributed by atoms with Gasteiger partial charge in [-0.05, 0) is 143 Å². The zero-order valence-corrected chi connectivity index (χ0v) is 33.2. The topological polar surface area (TPSA) is 0 Å². The largest absolute Gasteiger partial charge is 0.0622 e. The van der Waals surface area contributed by atoms with E-state index in [4.69, 9.17) is 0 Å². The van der Waals surface area contributed by atoms with Gasteiger partial charge in [0.05, 0.1) is 0 Å². The molecule has 0 bridgehead atoms. The first kappa shape index (κ1) is 36.5. The Morgan fingerprint density at radius 2 is 0.250 bits per heavy atom. The van der Waals surface area contributed by atoms with E-state index in [9.17, 15) is 0 Å². The Kier molecular flexibility index (Phi) is 10.1. The Bertz CT molecular complexity index is 2840. The van der Waals surface area contributed by atoms with Gasteiger partial charge in [0, 0.05) is 0 Å². The molecule has 0 nitrogen and oxygen atoms in total. The zero-order valence-electron chi connectivity index (χ0n) is 33.2. The van der Waals surface area contributed by atoms with E-state index in [2.05, 4.69) is 255 Å². The van der Waals surface area contributed by atoms with Crippen LogP contribution in [0.1, 0.15) is 0 Å². The zero-order chi connectivity index (χ0) is 40.1. The SMILES string of the molecule is c1ccc(-c2ccc(-c3cccc(-c4cccc(-c5cc(-c6ccccc6)cc(-c6cccc(-c7cccc(-c8ccc(-c9ccccc9)cc8)c7)c6)c5)c4)c3)cc2)cc1. The van der Waals surface area contributed by atoms with Crippen molar-refractivity contribution in [1.82, 2.24) is 0 Å². The fraction of sp³-hybridized carbons (Fsp3) is 0. The van der Waals surface area contributed by atoms with Crippen molar-refractivity contribution in [3.63, 3.8) is 0 Å². The van der Waals surface area contributed by atoms with Crippen LogP contribution in [0.25, 0.3) is 100 Å². The molecular formula is C60H42. The molecule has 0 aromatic heterocycles. The molecule has 10 rings (SSSR count). The lowest BCUT2D eigenvalue weighted by Crippen LogP contribution is -1.88. The molecule has 0 heteroatoms. The van der Waals surface area contributed by atoms with Gasteiger partial charge in [-0.3, -0.25) is 0 Å². The molecule has 0 spiro atoms. The molecule has 10 aromatic carbocycles. The van der Waals surface area contributed by atoms with Gasteiger partial charge in [-0.1, -0.05) is 212 Å². The molecule has 0 atom stereocenters. The maximum atomic E-state index is 2.35. The van der Waals surface area contributed by atoms with Crippen LogP contribution in [0.4, 0.5) is 0 Å².